The van der Waals surface area contributed by atoms with Gasteiger partial charge in [-0.2, -0.15) is 0 Å². The average molecular weight is 903 g/mol. The first-order valence-electron chi connectivity index (χ1n) is 19.5. The van der Waals surface area contributed by atoms with Gasteiger partial charge < -0.3 is 51.3 Å². The third kappa shape index (κ3) is 19.3. The molecule has 5 aromatic rings. The number of Topliss-reactive ketones (excluding diaryl/α,β-unsaturated/α-hetero) is 1. The largest absolute Gasteiger partial charge is 0.496 e. The van der Waals surface area contributed by atoms with E-state index in [1.54, 1.807) is 47.9 Å². The number of aliphatic imine (C=N–C) groups is 1. The number of nitrogens with zero attached hydrogens (tertiary/aromatic N) is 3. The number of aromatic nitrogens is 1. The van der Waals surface area contributed by atoms with Crippen LogP contribution in [0.25, 0.3) is 0 Å². The summed E-state index contributed by atoms with van der Waals surface area (Å²) in [7, 11) is 10.4. The molecular weight excluding hydrogens is 841 g/mol. The van der Waals surface area contributed by atoms with Gasteiger partial charge in [0.2, 0.25) is 0 Å². The quantitative estimate of drug-likeness (QED) is 0.0314. The number of hydrogen-bond acceptors (Lipinski definition) is 11. The van der Waals surface area contributed by atoms with Crippen molar-refractivity contribution in [2.45, 2.75) is 60.8 Å². The van der Waals surface area contributed by atoms with Crippen molar-refractivity contribution in [1.29, 1.82) is 0 Å². The van der Waals surface area contributed by atoms with E-state index in [4.69, 9.17) is 54.9 Å². The first kappa shape index (κ1) is 52.3. The first-order valence-corrected chi connectivity index (χ1v) is 21.1. The Morgan fingerprint density at radius 3 is 1.48 bits per heavy atom. The highest BCUT2D eigenvalue weighted by Gasteiger charge is 2.08. The zero-order chi connectivity index (χ0) is 46.2. The van der Waals surface area contributed by atoms with Crippen molar-refractivity contribution in [3.63, 3.8) is 0 Å². The number of ketones is 1. The van der Waals surface area contributed by atoms with Crippen LogP contribution in [0.2, 0.25) is 0 Å². The lowest BCUT2D eigenvalue weighted by Crippen LogP contribution is -2.28. The molecule has 0 saturated heterocycles. The minimum atomic E-state index is 0.0402. The molecule has 0 aliphatic carbocycles. The third-order valence-corrected chi connectivity index (χ3v) is 10.0. The van der Waals surface area contributed by atoms with Gasteiger partial charge in [0.1, 0.15) is 23.0 Å². The molecule has 0 fully saturated rings. The molecule has 16 heteroatoms. The van der Waals surface area contributed by atoms with E-state index in [1.807, 2.05) is 119 Å². The van der Waals surface area contributed by atoms with Crippen molar-refractivity contribution in [3.05, 3.63) is 128 Å². The van der Waals surface area contributed by atoms with Crippen LogP contribution in [0, 0.1) is 27.7 Å². The number of hydrogen-bond donors (Lipinski definition) is 5. The fourth-order valence-electron chi connectivity index (χ4n) is 5.27. The van der Waals surface area contributed by atoms with Crippen LogP contribution in [-0.2, 0) is 26.2 Å². The molecule has 13 nitrogen and oxygen atoms in total. The highest BCUT2D eigenvalue weighted by atomic mass is 32.1. The van der Waals surface area contributed by atoms with E-state index in [-0.39, 0.29) is 5.78 Å². The monoisotopic (exact) mass is 902 g/mol. The molecule has 0 amide bonds. The molecule has 1 heterocycles. The molecule has 4 aromatic carbocycles. The summed E-state index contributed by atoms with van der Waals surface area (Å²) in [5.41, 5.74) is 19.8. The van der Waals surface area contributed by atoms with Crippen LogP contribution in [-0.4, -0.2) is 74.8 Å². The summed E-state index contributed by atoms with van der Waals surface area (Å²) in [5.74, 6) is 3.50. The number of carbonyl (C=O) groups is 1. The molecular formula is C46H62N8O5S3. The third-order valence-electron chi connectivity index (χ3n) is 8.56. The predicted molar refractivity (Wildman–Crippen MR) is 264 cm³/mol. The molecule has 0 atom stereocenters. The number of carbonyl (C=O) groups excluding carboxylic acids is 1. The molecule has 62 heavy (non-hydrogen) atoms. The highest BCUT2D eigenvalue weighted by Crippen LogP contribution is 2.24. The normalized spacial score (nSPS) is 10.1. The Hall–Kier alpha value is -5.81. The number of ether oxygens (including phenoxy) is 4. The SMILES string of the molecule is COc1cc(C)ccc1CN.COc1cc(C)ccc1CNC(=S)N=CN(C)C.COc1cc(C)ccc1CNC(N)=S.COc1cc(C)ccc1CNc1ncc(C(C)=O)s1. The van der Waals surface area contributed by atoms with Crippen LogP contribution < -0.4 is 46.4 Å². The van der Waals surface area contributed by atoms with Crippen LogP contribution in [0.3, 0.4) is 0 Å². The Labute approximate surface area is 382 Å². The Kier molecular flexibility index (Phi) is 23.6. The molecule has 0 radical (unpaired) electrons. The molecule has 0 bridgehead atoms. The number of aryl methyl sites for hydroxylation is 4. The van der Waals surface area contributed by atoms with Gasteiger partial charge in [0, 0.05) is 69.5 Å². The number of methoxy groups -OCH3 is 4. The molecule has 1 aromatic heterocycles. The lowest BCUT2D eigenvalue weighted by atomic mass is 10.1. The molecule has 0 unspecified atom stereocenters. The summed E-state index contributed by atoms with van der Waals surface area (Å²) in [4.78, 5) is 22.0. The number of thiazole rings is 1. The maximum atomic E-state index is 11.2. The van der Waals surface area contributed by atoms with Crippen LogP contribution in [0.15, 0.2) is 84.0 Å². The van der Waals surface area contributed by atoms with Gasteiger partial charge >= 0.3 is 0 Å². The van der Waals surface area contributed by atoms with Crippen molar-refractivity contribution < 1.29 is 23.7 Å². The zero-order valence-electron chi connectivity index (χ0n) is 37.7. The van der Waals surface area contributed by atoms with E-state index in [2.05, 4.69) is 25.9 Å². The van der Waals surface area contributed by atoms with Crippen LogP contribution in [0.1, 0.15) is 61.1 Å². The van der Waals surface area contributed by atoms with Crippen molar-refractivity contribution in [1.82, 2.24) is 20.5 Å². The molecule has 0 spiro atoms. The Bertz CT molecular complexity index is 2230. The second-order valence-corrected chi connectivity index (χ2v) is 15.8. The number of thiocarbonyl (C=S) groups is 2. The minimum Gasteiger partial charge on any atom is -0.496 e. The Balaban J connectivity index is 0.000000290. The van der Waals surface area contributed by atoms with Crippen LogP contribution in [0.5, 0.6) is 23.0 Å². The van der Waals surface area contributed by atoms with E-state index < -0.39 is 0 Å². The molecule has 7 N–H and O–H groups in total. The predicted octanol–water partition coefficient (Wildman–Crippen LogP) is 8.04. The van der Waals surface area contributed by atoms with E-state index in [0.29, 0.717) is 41.3 Å². The van der Waals surface area contributed by atoms with Gasteiger partial charge in [0.05, 0.1) is 45.9 Å². The maximum Gasteiger partial charge on any atom is 0.194 e. The number of nitrogens with one attached hydrogen (secondary N) is 3. The fourth-order valence-corrected chi connectivity index (χ4v) is 6.17. The summed E-state index contributed by atoms with van der Waals surface area (Å²) in [6.07, 6.45) is 3.27. The van der Waals surface area contributed by atoms with E-state index in [9.17, 15) is 4.79 Å². The maximum absolute atomic E-state index is 11.2. The van der Waals surface area contributed by atoms with Gasteiger partial charge in [-0.3, -0.25) is 4.79 Å². The van der Waals surface area contributed by atoms with E-state index in [1.165, 1.54) is 28.0 Å². The van der Waals surface area contributed by atoms with Crippen molar-refractivity contribution >= 4 is 63.3 Å². The molecule has 5 rings (SSSR count). The van der Waals surface area contributed by atoms with Crippen LogP contribution >= 0.6 is 35.8 Å². The fraction of sp³-hybridized carbons (Fsp3) is 0.326. The van der Waals surface area contributed by atoms with Gasteiger partial charge in [-0.15, -0.1) is 0 Å². The summed E-state index contributed by atoms with van der Waals surface area (Å²) in [5, 5.41) is 10.7. The van der Waals surface area contributed by atoms with E-state index >= 15 is 0 Å². The minimum absolute atomic E-state index is 0.0402. The topological polar surface area (TPSA) is 171 Å². The van der Waals surface area contributed by atoms with Gasteiger partial charge in [0.15, 0.2) is 21.1 Å². The Morgan fingerprint density at radius 1 is 0.710 bits per heavy atom. The summed E-state index contributed by atoms with van der Waals surface area (Å²) < 4.78 is 21.0. The van der Waals surface area contributed by atoms with E-state index in [0.717, 1.165) is 55.9 Å². The summed E-state index contributed by atoms with van der Waals surface area (Å²) >= 11 is 11.2. The van der Waals surface area contributed by atoms with Gasteiger partial charge in [-0.05, 0) is 98.6 Å². The average Bonchev–Trinajstić information content (AvgIpc) is 3.74. The summed E-state index contributed by atoms with van der Waals surface area (Å²) in [6.45, 7) is 12.0. The van der Waals surface area contributed by atoms with Gasteiger partial charge in [-0.25, -0.2) is 9.98 Å². The summed E-state index contributed by atoms with van der Waals surface area (Å²) in [6, 6.07) is 24.2. The Morgan fingerprint density at radius 2 is 1.11 bits per heavy atom. The van der Waals surface area contributed by atoms with Gasteiger partial charge in [-0.1, -0.05) is 59.9 Å². The van der Waals surface area contributed by atoms with Crippen molar-refractivity contribution in [2.24, 2.45) is 16.5 Å². The number of anilines is 1. The number of rotatable bonds is 14. The lowest BCUT2D eigenvalue weighted by Gasteiger charge is -2.10. The zero-order valence-corrected chi connectivity index (χ0v) is 40.1. The number of nitrogens with two attached hydrogens (primary N) is 2. The highest BCUT2D eigenvalue weighted by molar-refractivity contribution is 7.80. The smallest absolute Gasteiger partial charge is 0.194 e. The van der Waals surface area contributed by atoms with Crippen LogP contribution in [0.4, 0.5) is 5.13 Å². The van der Waals surface area contributed by atoms with Crippen molar-refractivity contribution in [3.8, 4) is 23.0 Å². The lowest BCUT2D eigenvalue weighted by molar-refractivity contribution is 0.102. The second-order valence-electron chi connectivity index (χ2n) is 14.0. The van der Waals surface area contributed by atoms with Gasteiger partial charge in [0.25, 0.3) is 0 Å². The van der Waals surface area contributed by atoms with Crippen molar-refractivity contribution in [2.75, 3.05) is 47.9 Å². The number of benzene rings is 4. The molecule has 0 saturated carbocycles. The molecule has 0 aliphatic rings. The molecule has 0 aliphatic heterocycles. The second kappa shape index (κ2) is 27.9. The molecule has 334 valence electrons. The first-order chi connectivity index (χ1) is 29.5. The standard InChI is InChI=1S/C14H16N2O2S.C13H19N3OS.C10H14N2OS.C9H13NO/c1-9-4-5-11(12(6-9)18-3)7-15-14-16-8-13(19-14)10(2)17;1-10-5-6-11(12(7-10)17-4)8-14-13(18)15-9-16(2)3;1-7-3-4-8(6-12-10(11)14)9(5-7)13-2;1-7-3-4-8(6-10)9(5-7)11-2/h4-6,8H,7H2,1-3H3,(H,15,16);5-7,9H,8H2,1-4H3,(H,14,18);3-5H,6H2,1-2H3,(H3,11,12,14);3-5H,6,10H2,1-2H3.